The summed E-state index contributed by atoms with van der Waals surface area (Å²) in [5, 5.41) is 0. The monoisotopic (exact) mass is 419 g/mol. The van der Waals surface area contributed by atoms with Crippen molar-refractivity contribution in [2.75, 3.05) is 32.4 Å². The van der Waals surface area contributed by atoms with Gasteiger partial charge in [0.2, 0.25) is 15.9 Å². The highest BCUT2D eigenvalue weighted by molar-refractivity contribution is 7.88. The zero-order valence-electron chi connectivity index (χ0n) is 16.4. The summed E-state index contributed by atoms with van der Waals surface area (Å²) < 4.78 is 39.2. The van der Waals surface area contributed by atoms with Gasteiger partial charge in [-0.25, -0.2) is 17.5 Å². The summed E-state index contributed by atoms with van der Waals surface area (Å²) in [4.78, 5) is 16.9. The van der Waals surface area contributed by atoms with Crippen molar-refractivity contribution < 1.29 is 17.6 Å². The summed E-state index contributed by atoms with van der Waals surface area (Å²) >= 11 is 0. The van der Waals surface area contributed by atoms with Gasteiger partial charge >= 0.3 is 0 Å². The highest BCUT2D eigenvalue weighted by Gasteiger charge is 2.26. The smallest absolute Gasteiger partial charge is 0.224 e. The maximum absolute atomic E-state index is 13.2. The molecule has 1 amide bonds. The predicted octanol–water partition coefficient (Wildman–Crippen LogP) is 2.15. The number of nitrogens with one attached hydrogen (secondary N) is 1. The summed E-state index contributed by atoms with van der Waals surface area (Å²) in [6, 6.07) is 15.0. The van der Waals surface area contributed by atoms with Gasteiger partial charge in [-0.2, -0.15) is 0 Å². The van der Waals surface area contributed by atoms with E-state index in [2.05, 4.69) is 21.8 Å². The second kappa shape index (κ2) is 9.47. The van der Waals surface area contributed by atoms with E-state index in [0.717, 1.165) is 25.9 Å². The van der Waals surface area contributed by atoms with Gasteiger partial charge in [-0.3, -0.25) is 9.69 Å². The molecule has 29 heavy (non-hydrogen) atoms. The molecule has 1 N–H and O–H groups in total. The minimum absolute atomic E-state index is 0.00259. The Morgan fingerprint density at radius 2 is 1.66 bits per heavy atom. The molecule has 0 spiro atoms. The molecule has 156 valence electrons. The van der Waals surface area contributed by atoms with Gasteiger partial charge in [0.25, 0.3) is 0 Å². The Bertz CT molecular complexity index is 912. The lowest BCUT2D eigenvalue weighted by molar-refractivity contribution is -0.133. The second-order valence-corrected chi connectivity index (χ2v) is 9.12. The van der Waals surface area contributed by atoms with E-state index in [1.54, 1.807) is 4.90 Å². The van der Waals surface area contributed by atoms with Crippen LogP contribution in [0.4, 0.5) is 4.39 Å². The number of rotatable bonds is 7. The van der Waals surface area contributed by atoms with Crippen molar-refractivity contribution in [1.29, 1.82) is 0 Å². The minimum Gasteiger partial charge on any atom is -0.340 e. The van der Waals surface area contributed by atoms with Gasteiger partial charge in [0.1, 0.15) is 5.82 Å². The molecule has 6 nitrogen and oxygen atoms in total. The highest BCUT2D eigenvalue weighted by atomic mass is 32.2. The zero-order valence-corrected chi connectivity index (χ0v) is 17.2. The number of benzene rings is 2. The topological polar surface area (TPSA) is 69.7 Å². The molecule has 2 aromatic carbocycles. The second-order valence-electron chi connectivity index (χ2n) is 7.34. The lowest BCUT2D eigenvalue weighted by Crippen LogP contribution is -2.49. The van der Waals surface area contributed by atoms with Crippen LogP contribution in [0.3, 0.4) is 0 Å². The molecule has 2 aromatic rings. The first-order valence-electron chi connectivity index (χ1n) is 9.57. The number of hydrogen-bond acceptors (Lipinski definition) is 4. The van der Waals surface area contributed by atoms with E-state index in [1.165, 1.54) is 29.8 Å². The summed E-state index contributed by atoms with van der Waals surface area (Å²) in [6.45, 7) is 3.57. The molecule has 0 aromatic heterocycles. The lowest BCUT2D eigenvalue weighted by Gasteiger charge is -2.35. The zero-order chi connectivity index (χ0) is 20.9. The first-order chi connectivity index (χ1) is 13.8. The number of halogens is 1. The molecule has 0 unspecified atom stereocenters. The van der Waals surface area contributed by atoms with Gasteiger partial charge in [0.15, 0.2) is 0 Å². The van der Waals surface area contributed by atoms with Gasteiger partial charge in [-0.05, 0) is 23.3 Å². The van der Waals surface area contributed by atoms with Gasteiger partial charge in [0, 0.05) is 39.1 Å². The van der Waals surface area contributed by atoms with E-state index in [9.17, 15) is 17.6 Å². The van der Waals surface area contributed by atoms with Crippen LogP contribution in [0.25, 0.3) is 0 Å². The molecule has 1 heterocycles. The van der Waals surface area contributed by atoms with E-state index >= 15 is 0 Å². The minimum atomic E-state index is -3.52. The number of carbonyl (C=O) groups excluding carboxylic acids is 1. The van der Waals surface area contributed by atoms with Crippen molar-refractivity contribution in [2.45, 2.75) is 19.0 Å². The average molecular weight is 420 g/mol. The van der Waals surface area contributed by atoms with Crippen molar-refractivity contribution in [1.82, 2.24) is 14.5 Å². The standard InChI is InChI=1S/C21H26FN3O3S/c1-29(27,28)23-20(18-7-9-19(22)10-8-18)15-21(26)25-13-11-24(12-14-25)16-17-5-3-2-4-6-17/h2-10,20,23H,11-16H2,1H3/t20-/m0/s1. The van der Waals surface area contributed by atoms with Crippen LogP contribution in [0.1, 0.15) is 23.6 Å². The Morgan fingerprint density at radius 1 is 1.03 bits per heavy atom. The van der Waals surface area contributed by atoms with E-state index in [0.29, 0.717) is 18.7 Å². The van der Waals surface area contributed by atoms with Crippen LogP contribution in [-0.2, 0) is 21.4 Å². The molecule has 0 saturated carbocycles. The number of nitrogens with zero attached hydrogens (tertiary/aromatic N) is 2. The summed E-state index contributed by atoms with van der Waals surface area (Å²) in [6.07, 6.45) is 1.05. The molecule has 1 fully saturated rings. The molecule has 1 saturated heterocycles. The molecule has 0 radical (unpaired) electrons. The number of sulfonamides is 1. The highest BCUT2D eigenvalue weighted by Crippen LogP contribution is 2.20. The molecule has 1 atom stereocenters. The normalized spacial score (nSPS) is 16.6. The Kier molecular flexibility index (Phi) is 7.00. The Balaban J connectivity index is 1.59. The summed E-state index contributed by atoms with van der Waals surface area (Å²) in [5.41, 5.74) is 1.80. The van der Waals surface area contributed by atoms with Crippen LogP contribution in [-0.4, -0.2) is 56.6 Å². The van der Waals surface area contributed by atoms with Crippen LogP contribution in [0, 0.1) is 5.82 Å². The van der Waals surface area contributed by atoms with Crippen molar-refractivity contribution >= 4 is 15.9 Å². The fraction of sp³-hybridized carbons (Fsp3) is 0.381. The van der Waals surface area contributed by atoms with Crippen molar-refractivity contribution in [3.63, 3.8) is 0 Å². The third kappa shape index (κ3) is 6.62. The molecule has 0 aliphatic carbocycles. The van der Waals surface area contributed by atoms with Gasteiger partial charge in [-0.15, -0.1) is 0 Å². The SMILES string of the molecule is CS(=O)(=O)N[C@@H](CC(=O)N1CCN(Cc2ccccc2)CC1)c1ccc(F)cc1. The summed E-state index contributed by atoms with van der Waals surface area (Å²) in [5.74, 6) is -0.525. The lowest BCUT2D eigenvalue weighted by atomic mass is 10.0. The van der Waals surface area contributed by atoms with Crippen molar-refractivity contribution in [3.05, 3.63) is 71.5 Å². The quantitative estimate of drug-likeness (QED) is 0.747. The fourth-order valence-electron chi connectivity index (χ4n) is 3.48. The van der Waals surface area contributed by atoms with E-state index < -0.39 is 21.9 Å². The first-order valence-corrected chi connectivity index (χ1v) is 11.5. The first kappa shape index (κ1) is 21.4. The number of piperazine rings is 1. The van der Waals surface area contributed by atoms with E-state index in [4.69, 9.17) is 0 Å². The van der Waals surface area contributed by atoms with E-state index in [-0.39, 0.29) is 12.3 Å². The molecule has 0 bridgehead atoms. The average Bonchev–Trinajstić information content (AvgIpc) is 2.68. The van der Waals surface area contributed by atoms with Crippen molar-refractivity contribution in [2.24, 2.45) is 0 Å². The molecule has 1 aliphatic heterocycles. The Morgan fingerprint density at radius 3 is 2.24 bits per heavy atom. The van der Waals surface area contributed by atoms with Crippen molar-refractivity contribution in [3.8, 4) is 0 Å². The molecule has 1 aliphatic rings. The third-order valence-electron chi connectivity index (χ3n) is 4.98. The Labute approximate surface area is 171 Å². The van der Waals surface area contributed by atoms with Gasteiger partial charge in [0.05, 0.1) is 12.3 Å². The van der Waals surface area contributed by atoms with Gasteiger partial charge in [-0.1, -0.05) is 42.5 Å². The Hall–Kier alpha value is -2.29. The number of hydrogen-bond donors (Lipinski definition) is 1. The van der Waals surface area contributed by atoms with Crippen LogP contribution in [0.15, 0.2) is 54.6 Å². The van der Waals surface area contributed by atoms with Crippen LogP contribution >= 0.6 is 0 Å². The van der Waals surface area contributed by atoms with Gasteiger partial charge < -0.3 is 4.90 Å². The molecule has 3 rings (SSSR count). The summed E-state index contributed by atoms with van der Waals surface area (Å²) in [7, 11) is -3.52. The molecular formula is C21H26FN3O3S. The largest absolute Gasteiger partial charge is 0.340 e. The van der Waals surface area contributed by atoms with Crippen LogP contribution in [0.2, 0.25) is 0 Å². The van der Waals surface area contributed by atoms with Crippen LogP contribution in [0.5, 0.6) is 0 Å². The molecular weight excluding hydrogens is 393 g/mol. The van der Waals surface area contributed by atoms with Crippen LogP contribution < -0.4 is 4.72 Å². The maximum Gasteiger partial charge on any atom is 0.224 e. The van der Waals surface area contributed by atoms with E-state index in [1.807, 2.05) is 18.2 Å². The fourth-order valence-corrected chi connectivity index (χ4v) is 4.22. The third-order valence-corrected chi connectivity index (χ3v) is 5.69. The molecule has 8 heteroatoms. The number of carbonyl (C=O) groups is 1. The predicted molar refractivity (Wildman–Crippen MR) is 110 cm³/mol. The maximum atomic E-state index is 13.2. The number of amides is 1.